The zero-order chi connectivity index (χ0) is 14.4. The van der Waals surface area contributed by atoms with Crippen LogP contribution in [0.2, 0.25) is 0 Å². The topological polar surface area (TPSA) is 47.6 Å². The van der Waals surface area contributed by atoms with E-state index in [1.807, 2.05) is 39.0 Å². The first kappa shape index (κ1) is 15.5. The molecule has 0 fully saturated rings. The Morgan fingerprint density at radius 1 is 1.32 bits per heavy atom. The molecule has 0 saturated carbocycles. The summed E-state index contributed by atoms with van der Waals surface area (Å²) in [7, 11) is 1.61. The van der Waals surface area contributed by atoms with Crippen LogP contribution < -0.4 is 10.1 Å². The van der Waals surface area contributed by atoms with Gasteiger partial charge in [0.25, 0.3) is 5.91 Å². The van der Waals surface area contributed by atoms with E-state index in [2.05, 4.69) is 5.32 Å². The van der Waals surface area contributed by atoms with Crippen LogP contribution in [0.3, 0.4) is 0 Å². The second-order valence-electron chi connectivity index (χ2n) is 4.89. The van der Waals surface area contributed by atoms with Crippen LogP contribution in [0.15, 0.2) is 18.2 Å². The molecule has 0 spiro atoms. The van der Waals surface area contributed by atoms with Gasteiger partial charge in [0, 0.05) is 13.2 Å². The van der Waals surface area contributed by atoms with Gasteiger partial charge in [0.1, 0.15) is 5.75 Å². The summed E-state index contributed by atoms with van der Waals surface area (Å²) in [5, 5.41) is 2.85. The fraction of sp³-hybridized carbons (Fsp3) is 0.533. The van der Waals surface area contributed by atoms with Crippen molar-refractivity contribution in [2.75, 3.05) is 13.7 Å². The number of ether oxygens (including phenoxy) is 2. The van der Waals surface area contributed by atoms with E-state index in [4.69, 9.17) is 9.47 Å². The molecule has 0 unspecified atom stereocenters. The number of rotatable bonds is 6. The molecule has 1 rings (SSSR count). The van der Waals surface area contributed by atoms with E-state index < -0.39 is 6.10 Å². The van der Waals surface area contributed by atoms with Crippen molar-refractivity contribution in [1.82, 2.24) is 5.32 Å². The third-order valence-corrected chi connectivity index (χ3v) is 2.82. The van der Waals surface area contributed by atoms with Crippen molar-refractivity contribution in [3.63, 3.8) is 0 Å². The Morgan fingerprint density at radius 2 is 2.00 bits per heavy atom. The lowest BCUT2D eigenvalue weighted by Crippen LogP contribution is -2.43. The number of hydrogen-bond acceptors (Lipinski definition) is 3. The van der Waals surface area contributed by atoms with Gasteiger partial charge in [-0.3, -0.25) is 4.79 Å². The number of carbonyl (C=O) groups is 1. The molecule has 0 heterocycles. The molecule has 0 bridgehead atoms. The number of aryl methyl sites for hydroxylation is 2. The van der Waals surface area contributed by atoms with E-state index in [1.54, 1.807) is 14.0 Å². The van der Waals surface area contributed by atoms with Crippen LogP contribution in [0, 0.1) is 13.8 Å². The van der Waals surface area contributed by atoms with Gasteiger partial charge in [0.2, 0.25) is 0 Å². The Labute approximate surface area is 115 Å². The van der Waals surface area contributed by atoms with Gasteiger partial charge in [-0.25, -0.2) is 0 Å². The van der Waals surface area contributed by atoms with Gasteiger partial charge in [-0.15, -0.1) is 0 Å². The highest BCUT2D eigenvalue weighted by Gasteiger charge is 2.17. The minimum Gasteiger partial charge on any atom is -0.481 e. The lowest BCUT2D eigenvalue weighted by Gasteiger charge is -2.19. The molecular formula is C15H23NO3. The van der Waals surface area contributed by atoms with Gasteiger partial charge in [0.15, 0.2) is 6.10 Å². The molecule has 1 amide bonds. The molecule has 0 aliphatic heterocycles. The largest absolute Gasteiger partial charge is 0.481 e. The molecule has 106 valence electrons. The number of hydrogen-bond donors (Lipinski definition) is 1. The smallest absolute Gasteiger partial charge is 0.261 e. The van der Waals surface area contributed by atoms with Crippen molar-refractivity contribution in [3.05, 3.63) is 29.3 Å². The monoisotopic (exact) mass is 265 g/mol. The number of carbonyl (C=O) groups excluding carboxylic acids is 1. The van der Waals surface area contributed by atoms with Gasteiger partial charge in [0.05, 0.1) is 6.61 Å². The maximum absolute atomic E-state index is 11.9. The molecule has 1 aromatic rings. The summed E-state index contributed by atoms with van der Waals surface area (Å²) in [5.41, 5.74) is 2.14. The average molecular weight is 265 g/mol. The normalized spacial score (nSPS) is 13.7. The molecule has 0 saturated heterocycles. The zero-order valence-electron chi connectivity index (χ0n) is 12.3. The molecular weight excluding hydrogens is 242 g/mol. The predicted molar refractivity (Wildman–Crippen MR) is 75.5 cm³/mol. The summed E-state index contributed by atoms with van der Waals surface area (Å²) >= 11 is 0. The van der Waals surface area contributed by atoms with E-state index >= 15 is 0 Å². The molecule has 2 atom stereocenters. The fourth-order valence-corrected chi connectivity index (χ4v) is 1.73. The SMILES string of the molecule is COC[C@@H](C)NC(=O)[C@@H](C)Oc1cc(C)ccc1C. The van der Waals surface area contributed by atoms with Crippen LogP contribution in [0.5, 0.6) is 5.75 Å². The third-order valence-electron chi connectivity index (χ3n) is 2.82. The average Bonchev–Trinajstić information content (AvgIpc) is 2.34. The number of benzene rings is 1. The molecule has 0 aromatic heterocycles. The van der Waals surface area contributed by atoms with E-state index in [-0.39, 0.29) is 11.9 Å². The van der Waals surface area contributed by atoms with Crippen LogP contribution in [-0.2, 0) is 9.53 Å². The summed E-state index contributed by atoms with van der Waals surface area (Å²) in [6, 6.07) is 5.93. The quantitative estimate of drug-likeness (QED) is 0.858. The van der Waals surface area contributed by atoms with E-state index in [0.717, 1.165) is 16.9 Å². The minimum absolute atomic E-state index is 0.0258. The minimum atomic E-state index is -0.528. The molecule has 4 nitrogen and oxygen atoms in total. The van der Waals surface area contributed by atoms with Gasteiger partial charge < -0.3 is 14.8 Å². The Bertz CT molecular complexity index is 431. The summed E-state index contributed by atoms with van der Waals surface area (Å²) in [4.78, 5) is 11.9. The summed E-state index contributed by atoms with van der Waals surface area (Å²) in [6.45, 7) is 8.09. The van der Waals surface area contributed by atoms with Gasteiger partial charge in [-0.05, 0) is 44.9 Å². The van der Waals surface area contributed by atoms with Crippen LogP contribution in [0.1, 0.15) is 25.0 Å². The summed E-state index contributed by atoms with van der Waals surface area (Å²) in [5.74, 6) is 0.618. The van der Waals surface area contributed by atoms with Crippen molar-refractivity contribution in [2.45, 2.75) is 39.8 Å². The van der Waals surface area contributed by atoms with Crippen molar-refractivity contribution in [1.29, 1.82) is 0 Å². The fourth-order valence-electron chi connectivity index (χ4n) is 1.73. The molecule has 0 aliphatic rings. The molecule has 4 heteroatoms. The summed E-state index contributed by atoms with van der Waals surface area (Å²) < 4.78 is 10.7. The number of amides is 1. The van der Waals surface area contributed by atoms with E-state index in [0.29, 0.717) is 6.61 Å². The Hall–Kier alpha value is -1.55. The standard InChI is InChI=1S/C15H23NO3/c1-10-6-7-11(2)14(8-10)19-13(4)15(17)16-12(3)9-18-5/h6-8,12-13H,9H2,1-5H3,(H,16,17)/t12-,13-/m1/s1. The first-order valence-corrected chi connectivity index (χ1v) is 6.47. The van der Waals surface area contributed by atoms with Crippen LogP contribution >= 0.6 is 0 Å². The van der Waals surface area contributed by atoms with Crippen LogP contribution in [0.4, 0.5) is 0 Å². The van der Waals surface area contributed by atoms with Crippen molar-refractivity contribution in [3.8, 4) is 5.75 Å². The first-order valence-electron chi connectivity index (χ1n) is 6.47. The summed E-state index contributed by atoms with van der Waals surface area (Å²) in [6.07, 6.45) is -0.528. The highest BCUT2D eigenvalue weighted by Crippen LogP contribution is 2.20. The van der Waals surface area contributed by atoms with Gasteiger partial charge in [-0.1, -0.05) is 12.1 Å². The Kier molecular flexibility index (Phi) is 5.83. The van der Waals surface area contributed by atoms with Gasteiger partial charge >= 0.3 is 0 Å². The van der Waals surface area contributed by atoms with Crippen LogP contribution in [0.25, 0.3) is 0 Å². The predicted octanol–water partition coefficient (Wildman–Crippen LogP) is 2.22. The molecule has 0 aliphatic carbocycles. The maximum atomic E-state index is 11.9. The number of methoxy groups -OCH3 is 1. The molecule has 1 N–H and O–H groups in total. The first-order chi connectivity index (χ1) is 8.93. The molecule has 19 heavy (non-hydrogen) atoms. The zero-order valence-corrected chi connectivity index (χ0v) is 12.3. The highest BCUT2D eigenvalue weighted by molar-refractivity contribution is 5.81. The Morgan fingerprint density at radius 3 is 2.63 bits per heavy atom. The van der Waals surface area contributed by atoms with Crippen molar-refractivity contribution in [2.24, 2.45) is 0 Å². The molecule has 1 aromatic carbocycles. The second kappa shape index (κ2) is 7.14. The second-order valence-corrected chi connectivity index (χ2v) is 4.89. The lowest BCUT2D eigenvalue weighted by molar-refractivity contribution is -0.128. The Balaban J connectivity index is 2.61. The van der Waals surface area contributed by atoms with E-state index in [1.165, 1.54) is 0 Å². The van der Waals surface area contributed by atoms with E-state index in [9.17, 15) is 4.79 Å². The van der Waals surface area contributed by atoms with Crippen LogP contribution in [-0.4, -0.2) is 31.8 Å². The number of nitrogens with one attached hydrogen (secondary N) is 1. The van der Waals surface area contributed by atoms with Gasteiger partial charge in [-0.2, -0.15) is 0 Å². The highest BCUT2D eigenvalue weighted by atomic mass is 16.5. The molecule has 0 radical (unpaired) electrons. The van der Waals surface area contributed by atoms with Crippen molar-refractivity contribution < 1.29 is 14.3 Å². The lowest BCUT2D eigenvalue weighted by atomic mass is 10.1. The maximum Gasteiger partial charge on any atom is 0.261 e. The van der Waals surface area contributed by atoms with Crippen molar-refractivity contribution >= 4 is 5.91 Å². The third kappa shape index (κ3) is 4.91.